The minimum absolute atomic E-state index is 0.0646. The smallest absolute Gasteiger partial charge is 0.363 e. The highest BCUT2D eigenvalue weighted by Gasteiger charge is 2.25. The first-order valence-corrected chi connectivity index (χ1v) is 11.9. The van der Waals surface area contributed by atoms with Crippen LogP contribution in [0.15, 0.2) is 75.8 Å². The summed E-state index contributed by atoms with van der Waals surface area (Å²) in [5.41, 5.74) is 2.02. The van der Waals surface area contributed by atoms with Gasteiger partial charge in [-0.2, -0.15) is 0 Å². The molecular formula is C25H18BrFINO4. The zero-order chi connectivity index (χ0) is 23.4. The number of nitrogens with zero attached hydrogens (tertiary/aromatic N) is 1. The first-order chi connectivity index (χ1) is 16.0. The molecule has 0 radical (unpaired) electrons. The van der Waals surface area contributed by atoms with Crippen LogP contribution >= 0.6 is 38.5 Å². The van der Waals surface area contributed by atoms with Gasteiger partial charge in [0.25, 0.3) is 0 Å². The van der Waals surface area contributed by atoms with E-state index in [0.717, 1.165) is 8.04 Å². The highest BCUT2D eigenvalue weighted by Crippen LogP contribution is 2.36. The minimum atomic E-state index is -0.534. The third kappa shape index (κ3) is 5.44. The maximum atomic E-state index is 14.0. The van der Waals surface area contributed by atoms with Gasteiger partial charge in [-0.25, -0.2) is 14.2 Å². The van der Waals surface area contributed by atoms with Crippen LogP contribution < -0.4 is 9.47 Å². The summed E-state index contributed by atoms with van der Waals surface area (Å²) in [6.07, 6.45) is 1.64. The molecule has 3 aromatic carbocycles. The molecule has 0 amide bonds. The second kappa shape index (κ2) is 10.5. The third-order valence-electron chi connectivity index (χ3n) is 4.69. The number of benzene rings is 3. The zero-order valence-electron chi connectivity index (χ0n) is 17.5. The molecule has 0 fully saturated rings. The van der Waals surface area contributed by atoms with Gasteiger partial charge in [-0.15, -0.1) is 0 Å². The zero-order valence-corrected chi connectivity index (χ0v) is 21.2. The summed E-state index contributed by atoms with van der Waals surface area (Å²) < 4.78 is 32.5. The van der Waals surface area contributed by atoms with Crippen molar-refractivity contribution in [1.29, 1.82) is 0 Å². The standard InChI is InChI=1S/C25H18BrFINO4/c1-2-31-22-13-15(11-20(28)23(22)32-14-16-7-3-6-10-19(16)27)12-21-25(30)33-24(29-21)17-8-4-5-9-18(17)26/h3-13H,2,14H2,1H3/b21-12-. The van der Waals surface area contributed by atoms with Crippen LogP contribution in [0.3, 0.4) is 0 Å². The quantitative estimate of drug-likeness (QED) is 0.171. The fraction of sp³-hybridized carbons (Fsp3) is 0.120. The van der Waals surface area contributed by atoms with Crippen LogP contribution in [0.1, 0.15) is 23.6 Å². The lowest BCUT2D eigenvalue weighted by atomic mass is 10.1. The summed E-state index contributed by atoms with van der Waals surface area (Å²) in [4.78, 5) is 16.8. The molecule has 0 aromatic heterocycles. The minimum Gasteiger partial charge on any atom is -0.490 e. The fourth-order valence-electron chi connectivity index (χ4n) is 3.16. The van der Waals surface area contributed by atoms with Gasteiger partial charge in [-0.1, -0.05) is 30.3 Å². The molecule has 0 saturated heterocycles. The van der Waals surface area contributed by atoms with Gasteiger partial charge in [0.15, 0.2) is 17.2 Å². The van der Waals surface area contributed by atoms with Gasteiger partial charge in [0.1, 0.15) is 12.4 Å². The van der Waals surface area contributed by atoms with Crippen molar-refractivity contribution >= 4 is 56.5 Å². The molecule has 5 nitrogen and oxygen atoms in total. The van der Waals surface area contributed by atoms with E-state index in [1.165, 1.54) is 6.07 Å². The lowest BCUT2D eigenvalue weighted by Crippen LogP contribution is -2.06. The lowest BCUT2D eigenvalue weighted by Gasteiger charge is -2.15. The molecule has 8 heteroatoms. The largest absolute Gasteiger partial charge is 0.490 e. The molecule has 0 unspecified atom stereocenters. The van der Waals surface area contributed by atoms with Gasteiger partial charge in [0.05, 0.1) is 15.7 Å². The predicted molar refractivity (Wildman–Crippen MR) is 136 cm³/mol. The molecule has 4 rings (SSSR count). The van der Waals surface area contributed by atoms with E-state index in [1.54, 1.807) is 30.3 Å². The monoisotopic (exact) mass is 621 g/mol. The summed E-state index contributed by atoms with van der Waals surface area (Å²) >= 11 is 5.57. The van der Waals surface area contributed by atoms with Crippen LogP contribution in [-0.4, -0.2) is 18.5 Å². The van der Waals surface area contributed by atoms with Crippen molar-refractivity contribution in [2.24, 2.45) is 4.99 Å². The van der Waals surface area contributed by atoms with Gasteiger partial charge in [0.2, 0.25) is 5.90 Å². The SMILES string of the molecule is CCOc1cc(/C=C2\N=C(c3ccccc3Br)OC2=O)cc(I)c1OCc1ccccc1F. The summed E-state index contributed by atoms with van der Waals surface area (Å²) in [5.74, 6) is 0.380. The summed E-state index contributed by atoms with van der Waals surface area (Å²) in [6, 6.07) is 17.4. The van der Waals surface area contributed by atoms with Gasteiger partial charge in [-0.05, 0) is 87.4 Å². The van der Waals surface area contributed by atoms with Crippen molar-refractivity contribution in [3.8, 4) is 11.5 Å². The summed E-state index contributed by atoms with van der Waals surface area (Å²) in [5, 5.41) is 0. The van der Waals surface area contributed by atoms with Crippen molar-refractivity contribution in [2.45, 2.75) is 13.5 Å². The Kier molecular flexibility index (Phi) is 7.44. The van der Waals surface area contributed by atoms with E-state index in [9.17, 15) is 9.18 Å². The second-order valence-corrected chi connectivity index (χ2v) is 8.98. The fourth-order valence-corrected chi connectivity index (χ4v) is 4.39. The van der Waals surface area contributed by atoms with Crippen molar-refractivity contribution in [1.82, 2.24) is 0 Å². The van der Waals surface area contributed by atoms with Crippen LogP contribution in [0.25, 0.3) is 6.08 Å². The number of halogens is 3. The van der Waals surface area contributed by atoms with E-state index in [2.05, 4.69) is 43.5 Å². The molecule has 0 saturated carbocycles. The molecule has 1 aliphatic rings. The summed E-state index contributed by atoms with van der Waals surface area (Å²) in [6.45, 7) is 2.34. The Labute approximate surface area is 212 Å². The number of carbonyl (C=O) groups is 1. The number of ether oxygens (including phenoxy) is 3. The van der Waals surface area contributed by atoms with Crippen LogP contribution in [-0.2, 0) is 16.1 Å². The molecule has 0 atom stereocenters. The Morgan fingerprint density at radius 3 is 2.64 bits per heavy atom. The second-order valence-electron chi connectivity index (χ2n) is 6.96. The van der Waals surface area contributed by atoms with Crippen molar-refractivity contribution < 1.29 is 23.4 Å². The van der Waals surface area contributed by atoms with Gasteiger partial charge >= 0.3 is 5.97 Å². The number of esters is 1. The molecule has 0 bridgehead atoms. The Morgan fingerprint density at radius 2 is 1.88 bits per heavy atom. The summed E-state index contributed by atoms with van der Waals surface area (Å²) in [7, 11) is 0. The Morgan fingerprint density at radius 1 is 1.12 bits per heavy atom. The lowest BCUT2D eigenvalue weighted by molar-refractivity contribution is -0.129. The molecule has 0 aliphatic carbocycles. The number of hydrogen-bond acceptors (Lipinski definition) is 5. The molecular weight excluding hydrogens is 604 g/mol. The van der Waals surface area contributed by atoms with Gasteiger partial charge in [-0.3, -0.25) is 0 Å². The van der Waals surface area contributed by atoms with Crippen LogP contribution in [0, 0.1) is 9.39 Å². The number of rotatable bonds is 7. The van der Waals surface area contributed by atoms with E-state index < -0.39 is 5.97 Å². The normalized spacial score (nSPS) is 14.2. The predicted octanol–water partition coefficient (Wildman–Crippen LogP) is 6.52. The topological polar surface area (TPSA) is 57.1 Å². The number of aliphatic imine (C=N–C) groups is 1. The Bertz CT molecular complexity index is 1280. The highest BCUT2D eigenvalue weighted by atomic mass is 127. The first-order valence-electron chi connectivity index (χ1n) is 10.1. The first kappa shape index (κ1) is 23.4. The number of hydrogen-bond donors (Lipinski definition) is 0. The molecule has 1 aliphatic heterocycles. The van der Waals surface area contributed by atoms with Crippen LogP contribution in [0.2, 0.25) is 0 Å². The molecule has 0 spiro atoms. The maximum Gasteiger partial charge on any atom is 0.363 e. The molecule has 1 heterocycles. The van der Waals surface area contributed by atoms with E-state index in [-0.39, 0.29) is 24.0 Å². The third-order valence-corrected chi connectivity index (χ3v) is 6.18. The van der Waals surface area contributed by atoms with Crippen molar-refractivity contribution in [2.75, 3.05) is 6.61 Å². The maximum absolute atomic E-state index is 14.0. The average molecular weight is 622 g/mol. The molecule has 168 valence electrons. The average Bonchev–Trinajstić information content (AvgIpc) is 3.14. The Hall–Kier alpha value is -2.72. The van der Waals surface area contributed by atoms with Crippen LogP contribution in [0.5, 0.6) is 11.5 Å². The molecule has 0 N–H and O–H groups in total. The van der Waals surface area contributed by atoms with Crippen molar-refractivity contribution in [3.05, 3.63) is 96.9 Å². The highest BCUT2D eigenvalue weighted by molar-refractivity contribution is 14.1. The van der Waals surface area contributed by atoms with E-state index >= 15 is 0 Å². The molecule has 33 heavy (non-hydrogen) atoms. The van der Waals surface area contributed by atoms with Crippen molar-refractivity contribution in [3.63, 3.8) is 0 Å². The van der Waals surface area contributed by atoms with E-state index in [0.29, 0.717) is 34.8 Å². The van der Waals surface area contributed by atoms with Crippen LogP contribution in [0.4, 0.5) is 4.39 Å². The van der Waals surface area contributed by atoms with Gasteiger partial charge in [0, 0.05) is 10.0 Å². The van der Waals surface area contributed by atoms with E-state index in [1.807, 2.05) is 37.3 Å². The Balaban J connectivity index is 1.63. The number of cyclic esters (lactones) is 1. The number of carbonyl (C=O) groups excluding carboxylic acids is 1. The molecule has 3 aromatic rings. The van der Waals surface area contributed by atoms with E-state index in [4.69, 9.17) is 14.2 Å². The van der Waals surface area contributed by atoms with Gasteiger partial charge < -0.3 is 14.2 Å².